The Morgan fingerprint density at radius 2 is 1.90 bits per heavy atom. The van der Waals surface area contributed by atoms with Crippen LogP contribution < -0.4 is 4.90 Å². The zero-order valence-corrected chi connectivity index (χ0v) is 11.6. The fraction of sp³-hybridized carbons (Fsp3) is 0.429. The number of aliphatic hydroxyl groups is 1. The van der Waals surface area contributed by atoms with E-state index in [0.717, 1.165) is 37.7 Å². The van der Waals surface area contributed by atoms with E-state index in [1.165, 1.54) is 18.5 Å². The van der Waals surface area contributed by atoms with Gasteiger partial charge in [-0.3, -0.25) is 4.90 Å². The number of benzene rings is 1. The van der Waals surface area contributed by atoms with Gasteiger partial charge in [0.25, 0.3) is 0 Å². The third kappa shape index (κ3) is 3.37. The van der Waals surface area contributed by atoms with Crippen molar-refractivity contribution >= 4 is 5.95 Å². The van der Waals surface area contributed by atoms with Gasteiger partial charge in [0.2, 0.25) is 5.95 Å². The summed E-state index contributed by atoms with van der Waals surface area (Å²) in [7, 11) is 0. The van der Waals surface area contributed by atoms with Gasteiger partial charge in [-0.05, 0) is 17.7 Å². The molecule has 3 rings (SSSR count). The molecule has 2 heterocycles. The van der Waals surface area contributed by atoms with Crippen LogP contribution in [0, 0.1) is 5.82 Å². The Hall–Kier alpha value is -1.99. The van der Waals surface area contributed by atoms with E-state index >= 15 is 0 Å². The van der Waals surface area contributed by atoms with E-state index in [2.05, 4.69) is 25.0 Å². The second-order valence-corrected chi connectivity index (χ2v) is 5.16. The Kier molecular flexibility index (Phi) is 4.12. The number of nitrogens with zero attached hydrogens (tertiary/aromatic N) is 4. The number of aromatic nitrogens is 3. The number of halogens is 1. The molecule has 6 nitrogen and oxygen atoms in total. The topological polar surface area (TPSA) is 68.3 Å². The maximum absolute atomic E-state index is 12.9. The van der Waals surface area contributed by atoms with Gasteiger partial charge in [0.1, 0.15) is 12.1 Å². The summed E-state index contributed by atoms with van der Waals surface area (Å²) in [6, 6.07) is 6.01. The number of H-pyrrole nitrogens is 1. The van der Waals surface area contributed by atoms with Gasteiger partial charge in [-0.15, -0.1) is 0 Å². The maximum Gasteiger partial charge on any atom is 0.221 e. The summed E-state index contributed by atoms with van der Waals surface area (Å²) in [5, 5.41) is 16.9. The molecule has 1 atom stereocenters. The van der Waals surface area contributed by atoms with Gasteiger partial charge in [0.15, 0.2) is 0 Å². The first kappa shape index (κ1) is 14.0. The summed E-state index contributed by atoms with van der Waals surface area (Å²) in [6.45, 7) is 3.92. The number of hydrogen-bond acceptors (Lipinski definition) is 5. The van der Waals surface area contributed by atoms with Crippen molar-refractivity contribution in [3.8, 4) is 0 Å². The van der Waals surface area contributed by atoms with Gasteiger partial charge in [-0.25, -0.2) is 9.49 Å². The van der Waals surface area contributed by atoms with E-state index in [0.29, 0.717) is 6.54 Å². The van der Waals surface area contributed by atoms with Crippen molar-refractivity contribution in [1.82, 2.24) is 20.1 Å². The molecule has 21 heavy (non-hydrogen) atoms. The van der Waals surface area contributed by atoms with Crippen molar-refractivity contribution in [2.45, 2.75) is 6.10 Å². The Labute approximate surface area is 122 Å². The number of hydrogen-bond donors (Lipinski definition) is 2. The van der Waals surface area contributed by atoms with Crippen molar-refractivity contribution < 1.29 is 9.50 Å². The smallest absolute Gasteiger partial charge is 0.221 e. The minimum Gasteiger partial charge on any atom is -0.387 e. The molecule has 2 N–H and O–H groups in total. The van der Waals surface area contributed by atoms with Crippen LogP contribution in [0.15, 0.2) is 30.6 Å². The lowest BCUT2D eigenvalue weighted by Gasteiger charge is -2.35. The number of aliphatic hydroxyl groups excluding tert-OH is 1. The number of piperazine rings is 1. The largest absolute Gasteiger partial charge is 0.387 e. The number of anilines is 1. The predicted octanol–water partition coefficient (Wildman–Crippen LogP) is 0.799. The van der Waals surface area contributed by atoms with Gasteiger partial charge in [-0.1, -0.05) is 12.1 Å². The zero-order valence-electron chi connectivity index (χ0n) is 11.6. The molecule has 112 valence electrons. The van der Waals surface area contributed by atoms with E-state index in [4.69, 9.17) is 0 Å². The highest BCUT2D eigenvalue weighted by molar-refractivity contribution is 5.28. The average molecular weight is 291 g/mol. The molecule has 0 saturated carbocycles. The molecule has 2 aromatic rings. The SMILES string of the molecule is OC(CN1CCN(c2ncn[nH]2)CC1)c1ccc(F)cc1. The maximum atomic E-state index is 12.9. The molecule has 0 bridgehead atoms. The standard InChI is InChI=1S/C14H18FN5O/c15-12-3-1-11(2-4-12)13(21)9-19-5-7-20(8-6-19)14-16-10-17-18-14/h1-4,10,13,21H,5-9H2,(H,16,17,18). The first-order valence-electron chi connectivity index (χ1n) is 6.98. The first-order valence-corrected chi connectivity index (χ1v) is 6.98. The number of rotatable bonds is 4. The van der Waals surface area contributed by atoms with Crippen molar-refractivity contribution in [2.24, 2.45) is 0 Å². The molecule has 0 radical (unpaired) electrons. The minimum absolute atomic E-state index is 0.286. The van der Waals surface area contributed by atoms with E-state index in [1.54, 1.807) is 12.1 Å². The van der Waals surface area contributed by atoms with Gasteiger partial charge in [0.05, 0.1) is 6.10 Å². The molecule has 0 aliphatic carbocycles. The molecular weight excluding hydrogens is 273 g/mol. The lowest BCUT2D eigenvalue weighted by atomic mass is 10.1. The van der Waals surface area contributed by atoms with E-state index in [9.17, 15) is 9.50 Å². The van der Waals surface area contributed by atoms with Gasteiger partial charge in [-0.2, -0.15) is 10.1 Å². The number of aromatic amines is 1. The Bertz CT molecular complexity index is 551. The molecule has 1 fully saturated rings. The summed E-state index contributed by atoms with van der Waals surface area (Å²) in [4.78, 5) is 8.47. The van der Waals surface area contributed by atoms with Crippen molar-refractivity contribution in [2.75, 3.05) is 37.6 Å². The molecule has 1 unspecified atom stereocenters. The minimum atomic E-state index is -0.595. The van der Waals surface area contributed by atoms with Crippen LogP contribution in [0.25, 0.3) is 0 Å². The molecule has 1 saturated heterocycles. The molecule has 1 aromatic heterocycles. The van der Waals surface area contributed by atoms with E-state index < -0.39 is 6.10 Å². The summed E-state index contributed by atoms with van der Waals surface area (Å²) in [6.07, 6.45) is 0.905. The Morgan fingerprint density at radius 3 is 2.52 bits per heavy atom. The summed E-state index contributed by atoms with van der Waals surface area (Å²) in [5.74, 6) is 0.500. The van der Waals surface area contributed by atoms with E-state index in [1.807, 2.05) is 0 Å². The summed E-state index contributed by atoms with van der Waals surface area (Å²) < 4.78 is 12.9. The van der Waals surface area contributed by atoms with Gasteiger partial charge in [0, 0.05) is 32.7 Å². The van der Waals surface area contributed by atoms with Crippen LogP contribution in [-0.4, -0.2) is 57.9 Å². The van der Waals surface area contributed by atoms with Crippen LogP contribution in [-0.2, 0) is 0 Å². The monoisotopic (exact) mass is 291 g/mol. The molecule has 0 spiro atoms. The van der Waals surface area contributed by atoms with Crippen LogP contribution in [0.4, 0.5) is 10.3 Å². The first-order chi connectivity index (χ1) is 10.2. The highest BCUT2D eigenvalue weighted by Gasteiger charge is 2.21. The molecule has 1 aromatic carbocycles. The predicted molar refractivity (Wildman–Crippen MR) is 76.4 cm³/mol. The van der Waals surface area contributed by atoms with Crippen molar-refractivity contribution in [1.29, 1.82) is 0 Å². The second kappa shape index (κ2) is 6.19. The summed E-state index contributed by atoms with van der Waals surface area (Å²) >= 11 is 0. The van der Waals surface area contributed by atoms with Gasteiger partial charge >= 0.3 is 0 Å². The van der Waals surface area contributed by atoms with Crippen molar-refractivity contribution in [3.05, 3.63) is 42.0 Å². The quantitative estimate of drug-likeness (QED) is 0.872. The van der Waals surface area contributed by atoms with Crippen LogP contribution in [0.2, 0.25) is 0 Å². The third-order valence-corrected chi connectivity index (χ3v) is 3.76. The fourth-order valence-electron chi connectivity index (χ4n) is 2.53. The molecule has 1 aliphatic heterocycles. The number of nitrogens with one attached hydrogen (secondary N) is 1. The van der Waals surface area contributed by atoms with Gasteiger partial charge < -0.3 is 10.0 Å². The lowest BCUT2D eigenvalue weighted by Crippen LogP contribution is -2.47. The number of β-amino-alcohol motifs (C(OH)–C–C–N with tert-alkyl or cyclic N) is 1. The fourth-order valence-corrected chi connectivity index (χ4v) is 2.53. The molecule has 0 amide bonds. The van der Waals surface area contributed by atoms with Crippen LogP contribution >= 0.6 is 0 Å². The highest BCUT2D eigenvalue weighted by atomic mass is 19.1. The molecule has 7 heteroatoms. The average Bonchev–Trinajstić information content (AvgIpc) is 3.03. The van der Waals surface area contributed by atoms with Crippen molar-refractivity contribution in [3.63, 3.8) is 0 Å². The zero-order chi connectivity index (χ0) is 14.7. The van der Waals surface area contributed by atoms with Crippen LogP contribution in [0.5, 0.6) is 0 Å². The second-order valence-electron chi connectivity index (χ2n) is 5.16. The highest BCUT2D eigenvalue weighted by Crippen LogP contribution is 2.17. The lowest BCUT2D eigenvalue weighted by molar-refractivity contribution is 0.109. The molecule has 1 aliphatic rings. The Morgan fingerprint density at radius 1 is 1.19 bits per heavy atom. The van der Waals surface area contributed by atoms with Crippen LogP contribution in [0.3, 0.4) is 0 Å². The van der Waals surface area contributed by atoms with Crippen LogP contribution in [0.1, 0.15) is 11.7 Å². The summed E-state index contributed by atoms with van der Waals surface area (Å²) in [5.41, 5.74) is 0.745. The molecular formula is C14H18FN5O. The third-order valence-electron chi connectivity index (χ3n) is 3.76. The normalized spacial score (nSPS) is 17.9. The van der Waals surface area contributed by atoms with E-state index in [-0.39, 0.29) is 5.82 Å². The Balaban J connectivity index is 1.52.